The number of rotatable bonds is 7. The van der Waals surface area contributed by atoms with E-state index in [4.69, 9.17) is 4.74 Å². The van der Waals surface area contributed by atoms with Crippen molar-refractivity contribution in [3.8, 4) is 0 Å². The van der Waals surface area contributed by atoms with E-state index >= 15 is 0 Å². The Morgan fingerprint density at radius 1 is 1.28 bits per heavy atom. The molecule has 2 rings (SSSR count). The molecule has 1 aliphatic rings. The Kier molecular flexibility index (Phi) is 7.64. The van der Waals surface area contributed by atoms with Gasteiger partial charge in [0.25, 0.3) is 5.76 Å². The Hall–Kier alpha value is -1.67. The number of benzene rings is 1. The number of anilines is 1. The van der Waals surface area contributed by atoms with Crippen LogP contribution in [0.15, 0.2) is 29.2 Å². The van der Waals surface area contributed by atoms with E-state index < -0.39 is 5.76 Å². The molecule has 1 N–H and O–H groups in total. The second-order valence-electron chi connectivity index (χ2n) is 5.75. The van der Waals surface area contributed by atoms with Crippen LogP contribution in [-0.2, 0) is 14.3 Å². The van der Waals surface area contributed by atoms with E-state index in [-0.39, 0.29) is 24.3 Å². The van der Waals surface area contributed by atoms with E-state index in [9.17, 15) is 18.4 Å². The molecule has 1 aliphatic heterocycles. The predicted octanol–water partition coefficient (Wildman–Crippen LogP) is 3.21. The average Bonchev–Trinajstić information content (AvgIpc) is 2.57. The second kappa shape index (κ2) is 9.72. The smallest absolute Gasteiger partial charge is 0.309 e. The van der Waals surface area contributed by atoms with E-state index in [1.807, 2.05) is 4.90 Å². The van der Waals surface area contributed by atoms with Gasteiger partial charge < -0.3 is 10.1 Å². The average molecular weight is 372 g/mol. The third-order valence-corrected chi connectivity index (χ3v) is 4.66. The van der Waals surface area contributed by atoms with Crippen LogP contribution in [0, 0.1) is 5.92 Å². The van der Waals surface area contributed by atoms with Crippen LogP contribution in [0.1, 0.15) is 19.8 Å². The molecule has 138 valence electrons. The first-order valence-electron chi connectivity index (χ1n) is 8.21. The van der Waals surface area contributed by atoms with Crippen molar-refractivity contribution in [2.75, 3.05) is 31.6 Å². The number of halogens is 2. The summed E-state index contributed by atoms with van der Waals surface area (Å²) < 4.78 is 29.6. The highest BCUT2D eigenvalue weighted by molar-refractivity contribution is 7.99. The molecule has 0 aromatic heterocycles. The number of hydrogen-bond donors (Lipinski definition) is 1. The Balaban J connectivity index is 1.75. The molecule has 1 heterocycles. The summed E-state index contributed by atoms with van der Waals surface area (Å²) in [5, 5.41) is 2.76. The molecule has 0 radical (unpaired) electrons. The van der Waals surface area contributed by atoms with Gasteiger partial charge in [0, 0.05) is 10.6 Å². The maximum absolute atomic E-state index is 12.3. The van der Waals surface area contributed by atoms with Gasteiger partial charge in [-0.25, -0.2) is 0 Å². The number of nitrogens with one attached hydrogen (secondary N) is 1. The van der Waals surface area contributed by atoms with Gasteiger partial charge in [0.1, 0.15) is 0 Å². The number of piperidine rings is 1. The Bertz CT molecular complexity index is 576. The lowest BCUT2D eigenvalue weighted by molar-refractivity contribution is -0.149. The molecule has 1 fully saturated rings. The van der Waals surface area contributed by atoms with E-state index in [2.05, 4.69) is 5.32 Å². The summed E-state index contributed by atoms with van der Waals surface area (Å²) in [4.78, 5) is 26.2. The molecule has 0 unspecified atom stereocenters. The van der Waals surface area contributed by atoms with Crippen LogP contribution >= 0.6 is 11.8 Å². The van der Waals surface area contributed by atoms with Gasteiger partial charge in [-0.1, -0.05) is 11.8 Å². The molecule has 25 heavy (non-hydrogen) atoms. The second-order valence-corrected chi connectivity index (χ2v) is 6.82. The highest BCUT2D eigenvalue weighted by atomic mass is 32.2. The van der Waals surface area contributed by atoms with Crippen molar-refractivity contribution in [3.05, 3.63) is 24.3 Å². The lowest BCUT2D eigenvalue weighted by atomic mass is 9.97. The summed E-state index contributed by atoms with van der Waals surface area (Å²) in [6.07, 6.45) is 1.37. The summed E-state index contributed by atoms with van der Waals surface area (Å²) in [7, 11) is 0. The maximum atomic E-state index is 12.3. The zero-order chi connectivity index (χ0) is 18.2. The van der Waals surface area contributed by atoms with Crippen LogP contribution in [0.5, 0.6) is 0 Å². The first kappa shape index (κ1) is 19.7. The zero-order valence-corrected chi connectivity index (χ0v) is 14.9. The van der Waals surface area contributed by atoms with Crippen molar-refractivity contribution >= 4 is 29.3 Å². The number of thioether (sulfide) groups is 1. The first-order valence-corrected chi connectivity index (χ1v) is 9.09. The molecule has 0 spiro atoms. The summed E-state index contributed by atoms with van der Waals surface area (Å²) in [6.45, 7) is 3.75. The minimum atomic E-state index is -2.46. The van der Waals surface area contributed by atoms with Gasteiger partial charge in [-0.15, -0.1) is 0 Å². The molecule has 0 atom stereocenters. The summed E-state index contributed by atoms with van der Waals surface area (Å²) in [5.74, 6) is -2.87. The number of amides is 1. The van der Waals surface area contributed by atoms with Crippen LogP contribution in [0.3, 0.4) is 0 Å². The number of ether oxygens (including phenoxy) is 1. The molecule has 0 aliphatic carbocycles. The first-order chi connectivity index (χ1) is 12.0. The fraction of sp³-hybridized carbons (Fsp3) is 0.529. The summed E-state index contributed by atoms with van der Waals surface area (Å²) in [5.41, 5.74) is 0.574. The van der Waals surface area contributed by atoms with E-state index in [1.54, 1.807) is 31.2 Å². The zero-order valence-electron chi connectivity index (χ0n) is 14.0. The summed E-state index contributed by atoms with van der Waals surface area (Å²) >= 11 is 0.468. The lowest BCUT2D eigenvalue weighted by Gasteiger charge is -2.30. The van der Waals surface area contributed by atoms with Crippen molar-refractivity contribution in [3.63, 3.8) is 0 Å². The molecule has 0 saturated carbocycles. The van der Waals surface area contributed by atoms with Gasteiger partial charge in [0.2, 0.25) is 5.91 Å². The minimum Gasteiger partial charge on any atom is -0.466 e. The fourth-order valence-electron chi connectivity index (χ4n) is 2.71. The van der Waals surface area contributed by atoms with E-state index in [0.29, 0.717) is 54.9 Å². The molecule has 8 heteroatoms. The lowest BCUT2D eigenvalue weighted by Crippen LogP contribution is -2.41. The normalized spacial score (nSPS) is 16.0. The number of carbonyl (C=O) groups is 2. The van der Waals surface area contributed by atoms with Gasteiger partial charge in [0.05, 0.1) is 19.1 Å². The highest BCUT2D eigenvalue weighted by Gasteiger charge is 2.26. The van der Waals surface area contributed by atoms with Gasteiger partial charge in [-0.2, -0.15) is 8.78 Å². The van der Waals surface area contributed by atoms with Crippen molar-refractivity contribution in [1.82, 2.24) is 4.90 Å². The Labute approximate surface area is 150 Å². The molecule has 1 amide bonds. The highest BCUT2D eigenvalue weighted by Crippen LogP contribution is 2.26. The third kappa shape index (κ3) is 6.62. The quantitative estimate of drug-likeness (QED) is 0.588. The number of nitrogens with zero attached hydrogens (tertiary/aromatic N) is 1. The van der Waals surface area contributed by atoms with Crippen molar-refractivity contribution in [1.29, 1.82) is 0 Å². The van der Waals surface area contributed by atoms with Crippen LogP contribution in [-0.4, -0.2) is 48.8 Å². The van der Waals surface area contributed by atoms with Crippen molar-refractivity contribution < 1.29 is 23.1 Å². The molecule has 0 bridgehead atoms. The molecule has 1 aromatic rings. The van der Waals surface area contributed by atoms with Gasteiger partial charge in [-0.05, 0) is 57.1 Å². The SMILES string of the molecule is CCOC(=O)C1CCN(CC(=O)Nc2ccc(SC(F)F)cc2)CC1. The molecule has 1 aromatic carbocycles. The van der Waals surface area contributed by atoms with E-state index in [0.717, 1.165) is 0 Å². The third-order valence-electron chi connectivity index (χ3n) is 3.94. The van der Waals surface area contributed by atoms with Crippen molar-refractivity contribution in [2.24, 2.45) is 5.92 Å². The Morgan fingerprint density at radius 3 is 2.48 bits per heavy atom. The van der Waals surface area contributed by atoms with Gasteiger partial charge in [-0.3, -0.25) is 14.5 Å². The molecular weight excluding hydrogens is 350 g/mol. The maximum Gasteiger partial charge on any atom is 0.309 e. The monoisotopic (exact) mass is 372 g/mol. The fourth-order valence-corrected chi connectivity index (χ4v) is 3.21. The molecule has 5 nitrogen and oxygen atoms in total. The number of likely N-dealkylation sites (tertiary alicyclic amines) is 1. The number of alkyl halides is 2. The number of esters is 1. The standard InChI is InChI=1S/C17H22F2N2O3S/c1-2-24-16(23)12-7-9-21(10-8-12)11-15(22)20-13-3-5-14(6-4-13)25-17(18)19/h3-6,12,17H,2,7-11H2,1H3,(H,20,22). The van der Waals surface area contributed by atoms with Gasteiger partial charge >= 0.3 is 5.97 Å². The number of carbonyl (C=O) groups excluding carboxylic acids is 2. The largest absolute Gasteiger partial charge is 0.466 e. The van der Waals surface area contributed by atoms with Gasteiger partial charge in [0.15, 0.2) is 0 Å². The predicted molar refractivity (Wildman–Crippen MR) is 92.7 cm³/mol. The summed E-state index contributed by atoms with van der Waals surface area (Å²) in [6, 6.07) is 6.32. The van der Waals surface area contributed by atoms with E-state index in [1.165, 1.54) is 0 Å². The van der Waals surface area contributed by atoms with Crippen LogP contribution in [0.4, 0.5) is 14.5 Å². The minimum absolute atomic E-state index is 0.0841. The van der Waals surface area contributed by atoms with Crippen LogP contribution in [0.25, 0.3) is 0 Å². The Morgan fingerprint density at radius 2 is 1.92 bits per heavy atom. The topological polar surface area (TPSA) is 58.6 Å². The van der Waals surface area contributed by atoms with Crippen LogP contribution < -0.4 is 5.32 Å². The number of hydrogen-bond acceptors (Lipinski definition) is 5. The van der Waals surface area contributed by atoms with Crippen LogP contribution in [0.2, 0.25) is 0 Å². The molecule has 1 saturated heterocycles. The molecular formula is C17H22F2N2O3S. The van der Waals surface area contributed by atoms with Crippen molar-refractivity contribution in [2.45, 2.75) is 30.4 Å².